The molecular formula is C14H14ClN3O. The van der Waals surface area contributed by atoms with Crippen LogP contribution in [0.3, 0.4) is 0 Å². The van der Waals surface area contributed by atoms with Crippen molar-refractivity contribution >= 4 is 23.3 Å². The van der Waals surface area contributed by atoms with E-state index in [2.05, 4.69) is 15.6 Å². The fourth-order valence-corrected chi connectivity index (χ4v) is 1.73. The molecule has 0 spiro atoms. The molecule has 0 saturated heterocycles. The number of nitrogens with zero attached hydrogens (tertiary/aromatic N) is 1. The molecule has 0 aliphatic heterocycles. The predicted octanol–water partition coefficient (Wildman–Crippen LogP) is 3.37. The van der Waals surface area contributed by atoms with Crippen LogP contribution in [0.4, 0.5) is 10.5 Å². The Bertz CT molecular complexity index is 572. The van der Waals surface area contributed by atoms with Gasteiger partial charge in [-0.25, -0.2) is 4.79 Å². The Balaban J connectivity index is 1.93. The first-order valence-corrected chi connectivity index (χ1v) is 6.23. The van der Waals surface area contributed by atoms with Gasteiger partial charge in [0.25, 0.3) is 0 Å². The van der Waals surface area contributed by atoms with Crippen molar-refractivity contribution in [1.82, 2.24) is 10.3 Å². The number of amides is 2. The van der Waals surface area contributed by atoms with Gasteiger partial charge in [-0.05, 0) is 18.1 Å². The number of pyridine rings is 1. The van der Waals surface area contributed by atoms with E-state index in [-0.39, 0.29) is 6.03 Å². The molecule has 0 aliphatic carbocycles. The van der Waals surface area contributed by atoms with Crippen molar-refractivity contribution in [3.8, 4) is 0 Å². The number of benzene rings is 1. The number of carbonyl (C=O) groups excluding carboxylic acids is 1. The van der Waals surface area contributed by atoms with E-state index in [0.29, 0.717) is 17.3 Å². The molecule has 0 atom stereocenters. The largest absolute Gasteiger partial charge is 0.334 e. The van der Waals surface area contributed by atoms with E-state index < -0.39 is 0 Å². The van der Waals surface area contributed by atoms with Crippen molar-refractivity contribution in [2.75, 3.05) is 5.32 Å². The smallest absolute Gasteiger partial charge is 0.319 e. The van der Waals surface area contributed by atoms with Crippen LogP contribution < -0.4 is 10.6 Å². The summed E-state index contributed by atoms with van der Waals surface area (Å²) in [4.78, 5) is 15.7. The topological polar surface area (TPSA) is 54.0 Å². The van der Waals surface area contributed by atoms with Gasteiger partial charge in [-0.15, -0.1) is 0 Å². The molecule has 4 nitrogen and oxygen atoms in total. The second kappa shape index (κ2) is 6.20. The maximum absolute atomic E-state index is 11.8. The summed E-state index contributed by atoms with van der Waals surface area (Å²) in [6.45, 7) is 2.30. The molecule has 0 saturated carbocycles. The summed E-state index contributed by atoms with van der Waals surface area (Å²) in [7, 11) is 0. The molecule has 1 heterocycles. The zero-order chi connectivity index (χ0) is 13.7. The Labute approximate surface area is 116 Å². The van der Waals surface area contributed by atoms with Crippen molar-refractivity contribution in [2.45, 2.75) is 13.5 Å². The van der Waals surface area contributed by atoms with Crippen molar-refractivity contribution in [2.24, 2.45) is 0 Å². The lowest BCUT2D eigenvalue weighted by Crippen LogP contribution is -2.28. The Morgan fingerprint density at radius 1 is 1.26 bits per heavy atom. The van der Waals surface area contributed by atoms with Gasteiger partial charge in [0.2, 0.25) is 0 Å². The van der Waals surface area contributed by atoms with Gasteiger partial charge in [0, 0.05) is 12.7 Å². The summed E-state index contributed by atoms with van der Waals surface area (Å²) in [5, 5.41) is 6.03. The summed E-state index contributed by atoms with van der Waals surface area (Å²) in [5.74, 6) is 0. The minimum atomic E-state index is -0.281. The minimum absolute atomic E-state index is 0.281. The van der Waals surface area contributed by atoms with Gasteiger partial charge >= 0.3 is 6.03 Å². The van der Waals surface area contributed by atoms with E-state index in [1.54, 1.807) is 12.4 Å². The summed E-state index contributed by atoms with van der Waals surface area (Å²) in [6.07, 6.45) is 3.12. The first-order chi connectivity index (χ1) is 9.16. The van der Waals surface area contributed by atoms with Crippen LogP contribution in [0.25, 0.3) is 0 Å². The number of aromatic nitrogens is 1. The first kappa shape index (κ1) is 13.4. The van der Waals surface area contributed by atoms with Gasteiger partial charge in [0.05, 0.1) is 16.9 Å². The normalized spacial score (nSPS) is 10.0. The van der Waals surface area contributed by atoms with Gasteiger partial charge < -0.3 is 10.6 Å². The van der Waals surface area contributed by atoms with Gasteiger partial charge in [0.15, 0.2) is 0 Å². The molecule has 0 fully saturated rings. The molecule has 5 heteroatoms. The fraction of sp³-hybridized carbons (Fsp3) is 0.143. The van der Waals surface area contributed by atoms with E-state index in [1.807, 2.05) is 37.3 Å². The number of halogens is 1. The third kappa shape index (κ3) is 3.69. The molecule has 2 amide bonds. The van der Waals surface area contributed by atoms with Crippen LogP contribution in [-0.2, 0) is 6.54 Å². The predicted molar refractivity (Wildman–Crippen MR) is 76.3 cm³/mol. The highest BCUT2D eigenvalue weighted by atomic mass is 35.5. The molecule has 0 radical (unpaired) electrons. The van der Waals surface area contributed by atoms with Crippen LogP contribution >= 0.6 is 11.6 Å². The molecule has 19 heavy (non-hydrogen) atoms. The minimum Gasteiger partial charge on any atom is -0.334 e. The van der Waals surface area contributed by atoms with E-state index in [1.165, 1.54) is 0 Å². The van der Waals surface area contributed by atoms with Crippen molar-refractivity contribution in [1.29, 1.82) is 0 Å². The summed E-state index contributed by atoms with van der Waals surface area (Å²) in [5.41, 5.74) is 2.45. The van der Waals surface area contributed by atoms with Crippen molar-refractivity contribution in [3.63, 3.8) is 0 Å². The van der Waals surface area contributed by atoms with Crippen LogP contribution in [0.2, 0.25) is 5.02 Å². The number of urea groups is 1. The third-order valence-corrected chi connectivity index (χ3v) is 3.08. The second-order valence-electron chi connectivity index (χ2n) is 4.09. The Hall–Kier alpha value is -2.07. The third-order valence-electron chi connectivity index (χ3n) is 2.70. The highest BCUT2D eigenvalue weighted by molar-refractivity contribution is 6.31. The van der Waals surface area contributed by atoms with Crippen molar-refractivity contribution < 1.29 is 4.79 Å². The maximum Gasteiger partial charge on any atom is 0.319 e. The van der Waals surface area contributed by atoms with E-state index in [4.69, 9.17) is 11.6 Å². The number of carbonyl (C=O) groups is 1. The van der Waals surface area contributed by atoms with Crippen LogP contribution in [0.5, 0.6) is 0 Å². The molecule has 2 aromatic rings. The summed E-state index contributed by atoms with van der Waals surface area (Å²) in [6, 6.07) is 9.42. The Morgan fingerprint density at radius 3 is 2.74 bits per heavy atom. The Morgan fingerprint density at radius 2 is 2.00 bits per heavy atom. The first-order valence-electron chi connectivity index (χ1n) is 5.85. The summed E-state index contributed by atoms with van der Waals surface area (Å²) >= 11 is 5.94. The molecular weight excluding hydrogens is 262 g/mol. The molecule has 2 rings (SSSR count). The van der Waals surface area contributed by atoms with Gasteiger partial charge in [-0.1, -0.05) is 41.9 Å². The van der Waals surface area contributed by atoms with E-state index >= 15 is 0 Å². The van der Waals surface area contributed by atoms with Gasteiger partial charge in [-0.3, -0.25) is 4.98 Å². The quantitative estimate of drug-likeness (QED) is 0.902. The highest BCUT2D eigenvalue weighted by Gasteiger charge is 2.06. The number of rotatable bonds is 3. The highest BCUT2D eigenvalue weighted by Crippen LogP contribution is 2.21. The lowest BCUT2D eigenvalue weighted by Gasteiger charge is -2.10. The number of hydrogen-bond donors (Lipinski definition) is 2. The average molecular weight is 276 g/mol. The molecule has 1 aromatic heterocycles. The van der Waals surface area contributed by atoms with E-state index in [9.17, 15) is 4.79 Å². The maximum atomic E-state index is 11.8. The van der Waals surface area contributed by atoms with Crippen LogP contribution in [0.15, 0.2) is 42.7 Å². The fourth-order valence-electron chi connectivity index (χ4n) is 1.57. The molecule has 98 valence electrons. The SMILES string of the molecule is Cc1c(Cl)cncc1NC(=O)NCc1ccccc1. The van der Waals surface area contributed by atoms with Crippen molar-refractivity contribution in [3.05, 3.63) is 58.9 Å². The average Bonchev–Trinajstić information content (AvgIpc) is 2.43. The molecule has 0 bridgehead atoms. The van der Waals surface area contributed by atoms with Crippen LogP contribution in [-0.4, -0.2) is 11.0 Å². The van der Waals surface area contributed by atoms with Gasteiger partial charge in [-0.2, -0.15) is 0 Å². The molecule has 1 aromatic carbocycles. The lowest BCUT2D eigenvalue weighted by atomic mass is 10.2. The zero-order valence-corrected chi connectivity index (χ0v) is 11.2. The monoisotopic (exact) mass is 275 g/mol. The second-order valence-corrected chi connectivity index (χ2v) is 4.49. The summed E-state index contributed by atoms with van der Waals surface area (Å²) < 4.78 is 0. The van der Waals surface area contributed by atoms with E-state index in [0.717, 1.165) is 11.1 Å². The molecule has 0 aliphatic rings. The zero-order valence-electron chi connectivity index (χ0n) is 10.5. The lowest BCUT2D eigenvalue weighted by molar-refractivity contribution is 0.251. The van der Waals surface area contributed by atoms with Gasteiger partial charge in [0.1, 0.15) is 0 Å². The van der Waals surface area contributed by atoms with Crippen LogP contribution in [0.1, 0.15) is 11.1 Å². The Kier molecular flexibility index (Phi) is 4.36. The number of anilines is 1. The molecule has 0 unspecified atom stereocenters. The number of hydrogen-bond acceptors (Lipinski definition) is 2. The molecule has 2 N–H and O–H groups in total. The standard InChI is InChI=1S/C14H14ClN3O/c1-10-12(15)8-16-9-13(10)18-14(19)17-7-11-5-3-2-4-6-11/h2-6,8-9H,7H2,1H3,(H2,17,18,19). The number of nitrogens with one attached hydrogen (secondary N) is 2. The van der Waals surface area contributed by atoms with Crippen LogP contribution in [0, 0.1) is 6.92 Å².